The molecule has 0 aromatic heterocycles. The maximum absolute atomic E-state index is 13.6. The van der Waals surface area contributed by atoms with E-state index in [9.17, 15) is 9.59 Å². The van der Waals surface area contributed by atoms with Crippen LogP contribution in [0.15, 0.2) is 72.8 Å². The molecule has 2 aromatic rings. The Kier molecular flexibility index (Phi) is 7.13. The molecule has 5 rings (SSSR count). The smallest absolute Gasteiger partial charge is 0.334 e. The molecule has 38 heavy (non-hydrogen) atoms. The first kappa shape index (κ1) is 26.8. The number of carbonyl (C=O) groups is 2. The Morgan fingerprint density at radius 1 is 1.00 bits per heavy atom. The minimum atomic E-state index is -2.75. The van der Waals surface area contributed by atoms with Gasteiger partial charge in [-0.3, -0.25) is 4.79 Å². The molecule has 0 unspecified atom stereocenters. The Bertz CT molecular complexity index is 1140. The third-order valence-corrected chi connectivity index (χ3v) is 13.8. The van der Waals surface area contributed by atoms with Crippen LogP contribution in [-0.2, 0) is 23.5 Å². The van der Waals surface area contributed by atoms with Crippen LogP contribution in [0.4, 0.5) is 0 Å². The summed E-state index contributed by atoms with van der Waals surface area (Å²) in [4.78, 5) is 28.1. The van der Waals surface area contributed by atoms with Gasteiger partial charge in [-0.25, -0.2) is 4.79 Å². The lowest BCUT2D eigenvalue weighted by molar-refractivity contribution is -0.172. The van der Waals surface area contributed by atoms with Crippen LogP contribution in [-0.4, -0.2) is 62.6 Å². The molecule has 7 heteroatoms. The van der Waals surface area contributed by atoms with Gasteiger partial charge in [0.25, 0.3) is 8.32 Å². The van der Waals surface area contributed by atoms with Gasteiger partial charge in [-0.15, -0.1) is 0 Å². The summed E-state index contributed by atoms with van der Waals surface area (Å²) in [6.07, 6.45) is 2.45. The van der Waals surface area contributed by atoms with Crippen molar-refractivity contribution >= 4 is 30.6 Å². The van der Waals surface area contributed by atoms with E-state index in [2.05, 4.69) is 75.9 Å². The first-order valence-electron chi connectivity index (χ1n) is 13.6. The van der Waals surface area contributed by atoms with E-state index in [1.165, 1.54) is 10.4 Å². The number of ether oxygens (including phenoxy) is 2. The molecule has 202 valence electrons. The second-order valence-electron chi connectivity index (χ2n) is 11.9. The lowest BCUT2D eigenvalue weighted by atomic mass is 9.82. The Balaban J connectivity index is 1.51. The number of methoxy groups -OCH3 is 1. The number of esters is 1. The van der Waals surface area contributed by atoms with Gasteiger partial charge >= 0.3 is 5.97 Å². The third kappa shape index (κ3) is 4.25. The van der Waals surface area contributed by atoms with E-state index >= 15 is 0 Å². The van der Waals surface area contributed by atoms with Crippen LogP contribution in [0.5, 0.6) is 0 Å². The largest absolute Gasteiger partial charge is 0.450 e. The van der Waals surface area contributed by atoms with Gasteiger partial charge in [-0.05, 0) is 34.7 Å². The minimum Gasteiger partial charge on any atom is -0.450 e. The van der Waals surface area contributed by atoms with E-state index in [-0.39, 0.29) is 35.1 Å². The Hall–Kier alpha value is -2.74. The second kappa shape index (κ2) is 10.1. The molecule has 0 bridgehead atoms. The summed E-state index contributed by atoms with van der Waals surface area (Å²) in [7, 11) is -1.11. The van der Waals surface area contributed by atoms with Crippen LogP contribution in [0.1, 0.15) is 52.9 Å². The number of benzene rings is 2. The van der Waals surface area contributed by atoms with Gasteiger partial charge in [0.05, 0.1) is 24.8 Å². The monoisotopic (exact) mass is 533 g/mol. The van der Waals surface area contributed by atoms with E-state index in [1.807, 2.05) is 17.0 Å². The molecule has 3 heterocycles. The van der Waals surface area contributed by atoms with Crippen molar-refractivity contribution in [1.29, 1.82) is 0 Å². The first-order valence-corrected chi connectivity index (χ1v) is 15.5. The van der Waals surface area contributed by atoms with Crippen LogP contribution < -0.4 is 10.4 Å². The van der Waals surface area contributed by atoms with Crippen LogP contribution >= 0.6 is 0 Å². The first-order chi connectivity index (χ1) is 18.1. The quantitative estimate of drug-likeness (QED) is 0.319. The third-order valence-electron chi connectivity index (χ3n) is 8.77. The van der Waals surface area contributed by atoms with Gasteiger partial charge in [-0.1, -0.05) is 88.0 Å². The second-order valence-corrected chi connectivity index (χ2v) is 16.2. The highest BCUT2D eigenvalue weighted by Gasteiger charge is 2.61. The highest BCUT2D eigenvalue weighted by molar-refractivity contribution is 6.99. The standard InChI is InChI=1S/C31H39NO5Si/c1-22-20-31(37-29(22)34)26-17-16-23(32(26)28(33)19-18-27(31)35-5)21-36-38(30(2,3)4,24-12-8-6-9-13-24)25-14-10-7-11-15-25/h6-15,23,26-27H,1,16-21H2,2-5H3/t23-,26-,27+,31+/m0/s1. The fourth-order valence-electron chi connectivity index (χ4n) is 7.10. The molecule has 2 aromatic carbocycles. The van der Waals surface area contributed by atoms with Crippen LogP contribution in [0.25, 0.3) is 0 Å². The number of nitrogens with zero attached hydrogens (tertiary/aromatic N) is 1. The summed E-state index contributed by atoms with van der Waals surface area (Å²) in [5.74, 6) is -0.301. The zero-order valence-corrected chi connectivity index (χ0v) is 23.9. The molecule has 1 spiro atoms. The van der Waals surface area contributed by atoms with E-state index < -0.39 is 13.9 Å². The molecule has 0 N–H and O–H groups in total. The van der Waals surface area contributed by atoms with Crippen molar-refractivity contribution in [2.75, 3.05) is 13.7 Å². The van der Waals surface area contributed by atoms with Crippen molar-refractivity contribution in [2.24, 2.45) is 0 Å². The number of carbonyl (C=O) groups excluding carboxylic acids is 2. The fraction of sp³-hybridized carbons (Fsp3) is 0.484. The summed E-state index contributed by atoms with van der Waals surface area (Å²) < 4.78 is 19.1. The SMILES string of the molecule is C=C1C[C@@]2(OC1=O)[C@@H]1CC[C@@H](CO[Si](c3ccccc3)(c3ccccc3)C(C)(C)C)N1C(=O)CC[C@H]2OC. The van der Waals surface area contributed by atoms with Gasteiger partial charge in [-0.2, -0.15) is 0 Å². The highest BCUT2D eigenvalue weighted by Crippen LogP contribution is 2.48. The summed E-state index contributed by atoms with van der Waals surface area (Å²) >= 11 is 0. The molecule has 3 aliphatic rings. The predicted octanol–water partition coefficient (Wildman–Crippen LogP) is 3.97. The normalized spacial score (nSPS) is 27.9. The zero-order valence-electron chi connectivity index (χ0n) is 22.9. The summed E-state index contributed by atoms with van der Waals surface area (Å²) in [5.41, 5.74) is -0.435. The van der Waals surface area contributed by atoms with Crippen LogP contribution in [0, 0.1) is 0 Å². The van der Waals surface area contributed by atoms with Crippen molar-refractivity contribution < 1.29 is 23.5 Å². The zero-order chi connectivity index (χ0) is 27.1. The van der Waals surface area contributed by atoms with Crippen LogP contribution in [0.3, 0.4) is 0 Å². The highest BCUT2D eigenvalue weighted by atomic mass is 28.4. The van der Waals surface area contributed by atoms with Gasteiger partial charge in [0.2, 0.25) is 5.91 Å². The summed E-state index contributed by atoms with van der Waals surface area (Å²) in [6, 6.07) is 20.8. The molecule has 3 saturated heterocycles. The minimum absolute atomic E-state index is 0.0797. The molecular formula is C31H39NO5Si. The maximum Gasteiger partial charge on any atom is 0.334 e. The molecule has 6 nitrogen and oxygen atoms in total. The van der Waals surface area contributed by atoms with Crippen LogP contribution in [0.2, 0.25) is 5.04 Å². The lowest BCUT2D eigenvalue weighted by Crippen LogP contribution is -2.67. The van der Waals surface area contributed by atoms with Gasteiger partial charge in [0.15, 0.2) is 5.60 Å². The predicted molar refractivity (Wildman–Crippen MR) is 150 cm³/mol. The molecule has 3 aliphatic heterocycles. The summed E-state index contributed by atoms with van der Waals surface area (Å²) in [5, 5.41) is 2.28. The number of fused-ring (bicyclic) bond motifs is 2. The Morgan fingerprint density at radius 3 is 2.11 bits per heavy atom. The van der Waals surface area contributed by atoms with Crippen molar-refractivity contribution in [2.45, 2.75) is 81.7 Å². The molecule has 0 radical (unpaired) electrons. The van der Waals surface area contributed by atoms with Gasteiger partial charge < -0.3 is 18.8 Å². The van der Waals surface area contributed by atoms with E-state index in [4.69, 9.17) is 13.9 Å². The van der Waals surface area contributed by atoms with E-state index in [1.54, 1.807) is 7.11 Å². The molecule has 3 fully saturated rings. The van der Waals surface area contributed by atoms with Gasteiger partial charge in [0, 0.05) is 25.5 Å². The maximum atomic E-state index is 13.6. The summed E-state index contributed by atoms with van der Waals surface area (Å²) in [6.45, 7) is 11.2. The Labute approximate surface area is 227 Å². The van der Waals surface area contributed by atoms with E-state index in [0.717, 1.165) is 12.8 Å². The number of rotatable bonds is 6. The molecule has 4 atom stereocenters. The molecule has 1 amide bonds. The van der Waals surface area contributed by atoms with Crippen molar-refractivity contribution in [3.63, 3.8) is 0 Å². The molecule has 0 saturated carbocycles. The fourth-order valence-corrected chi connectivity index (χ4v) is 11.7. The van der Waals surface area contributed by atoms with Crippen molar-refractivity contribution in [3.8, 4) is 0 Å². The van der Waals surface area contributed by atoms with E-state index in [0.29, 0.717) is 31.4 Å². The number of hydrogen-bond acceptors (Lipinski definition) is 5. The lowest BCUT2D eigenvalue weighted by Gasteiger charge is -2.45. The topological polar surface area (TPSA) is 65.1 Å². The van der Waals surface area contributed by atoms with Crippen molar-refractivity contribution in [3.05, 3.63) is 72.8 Å². The molecule has 0 aliphatic carbocycles. The van der Waals surface area contributed by atoms with Gasteiger partial charge in [0.1, 0.15) is 0 Å². The average Bonchev–Trinajstić information content (AvgIpc) is 3.43. The Morgan fingerprint density at radius 2 is 1.61 bits per heavy atom. The number of hydrogen-bond donors (Lipinski definition) is 0. The number of amides is 1. The average molecular weight is 534 g/mol. The molecular weight excluding hydrogens is 494 g/mol. The van der Waals surface area contributed by atoms with Crippen molar-refractivity contribution in [1.82, 2.24) is 4.90 Å².